The van der Waals surface area contributed by atoms with Gasteiger partial charge in [0.1, 0.15) is 5.69 Å². The number of terminal acetylenes is 2. The normalized spacial score (nSPS) is 9.83. The summed E-state index contributed by atoms with van der Waals surface area (Å²) >= 11 is 0. The zero-order valence-corrected chi connectivity index (χ0v) is 10.6. The van der Waals surface area contributed by atoms with Crippen LogP contribution in [0.15, 0.2) is 0 Å². The van der Waals surface area contributed by atoms with Crippen LogP contribution in [0, 0.1) is 38.5 Å². The molecule has 0 radical (unpaired) electrons. The quantitative estimate of drug-likeness (QED) is 0.569. The molecule has 0 N–H and O–H groups in total. The highest BCUT2D eigenvalue weighted by molar-refractivity contribution is 5.73. The minimum Gasteiger partial charge on any atom is -0.296 e. The maximum atomic E-state index is 10.8. The molecule has 1 heterocycles. The van der Waals surface area contributed by atoms with Crippen LogP contribution >= 0.6 is 0 Å². The largest absolute Gasteiger partial charge is 0.296 e. The Kier molecular flexibility index (Phi) is 5.05. The van der Waals surface area contributed by atoms with Gasteiger partial charge in [0, 0.05) is 6.54 Å². The lowest BCUT2D eigenvalue weighted by Crippen LogP contribution is -2.25. The van der Waals surface area contributed by atoms with Crippen molar-refractivity contribution in [2.45, 2.75) is 20.4 Å². The van der Waals surface area contributed by atoms with Crippen molar-refractivity contribution in [1.82, 2.24) is 14.9 Å². The number of aryl methyl sites for hydroxylation is 2. The van der Waals surface area contributed by atoms with Gasteiger partial charge in [-0.2, -0.15) is 0 Å². The summed E-state index contributed by atoms with van der Waals surface area (Å²) in [5, 5.41) is 0. The van der Waals surface area contributed by atoms with E-state index in [0.29, 0.717) is 37.3 Å². The third-order valence-corrected chi connectivity index (χ3v) is 2.49. The van der Waals surface area contributed by atoms with E-state index in [1.807, 2.05) is 11.8 Å². The number of aldehydes is 1. The highest BCUT2D eigenvalue weighted by Crippen LogP contribution is 2.09. The van der Waals surface area contributed by atoms with Crippen molar-refractivity contribution >= 4 is 6.29 Å². The van der Waals surface area contributed by atoms with Gasteiger partial charge in [-0.3, -0.25) is 14.7 Å². The second-order valence-corrected chi connectivity index (χ2v) is 3.90. The molecule has 18 heavy (non-hydrogen) atoms. The summed E-state index contributed by atoms with van der Waals surface area (Å²) in [6.45, 7) is 5.03. The maximum absolute atomic E-state index is 10.8. The highest BCUT2D eigenvalue weighted by Gasteiger charge is 2.11. The third-order valence-electron chi connectivity index (χ3n) is 2.49. The zero-order chi connectivity index (χ0) is 13.5. The van der Waals surface area contributed by atoms with Crippen LogP contribution in [0.3, 0.4) is 0 Å². The van der Waals surface area contributed by atoms with E-state index in [1.54, 1.807) is 6.92 Å². The molecule has 0 atom stereocenters. The number of aromatic nitrogens is 2. The Morgan fingerprint density at radius 1 is 1.17 bits per heavy atom. The molecule has 0 spiro atoms. The number of hydrogen-bond donors (Lipinski definition) is 0. The van der Waals surface area contributed by atoms with Crippen molar-refractivity contribution in [3.63, 3.8) is 0 Å². The molecule has 1 aromatic heterocycles. The van der Waals surface area contributed by atoms with E-state index in [-0.39, 0.29) is 0 Å². The average molecular weight is 241 g/mol. The van der Waals surface area contributed by atoms with Gasteiger partial charge in [0.15, 0.2) is 6.29 Å². The van der Waals surface area contributed by atoms with Crippen LogP contribution in [0.4, 0.5) is 0 Å². The van der Waals surface area contributed by atoms with Gasteiger partial charge in [-0.05, 0) is 13.8 Å². The first-order valence-corrected chi connectivity index (χ1v) is 5.51. The molecule has 0 fully saturated rings. The molecule has 0 bridgehead atoms. The van der Waals surface area contributed by atoms with E-state index >= 15 is 0 Å². The molecule has 0 aliphatic heterocycles. The second kappa shape index (κ2) is 6.54. The molecule has 1 aromatic rings. The van der Waals surface area contributed by atoms with Crippen molar-refractivity contribution in [3.8, 4) is 24.7 Å². The van der Waals surface area contributed by atoms with E-state index in [2.05, 4.69) is 21.8 Å². The second-order valence-electron chi connectivity index (χ2n) is 3.90. The Balaban J connectivity index is 2.97. The van der Waals surface area contributed by atoms with Crippen LogP contribution in [0.1, 0.15) is 27.6 Å². The molecule has 4 heteroatoms. The highest BCUT2D eigenvalue weighted by atomic mass is 16.1. The van der Waals surface area contributed by atoms with Crippen molar-refractivity contribution in [3.05, 3.63) is 22.8 Å². The van der Waals surface area contributed by atoms with E-state index in [0.717, 1.165) is 11.4 Å². The molecule has 92 valence electrons. The first-order valence-electron chi connectivity index (χ1n) is 5.51. The predicted octanol–water partition coefficient (Wildman–Crippen LogP) is 0.974. The molecular formula is C14H15N3O. The lowest BCUT2D eigenvalue weighted by molar-refractivity contribution is 0.111. The third kappa shape index (κ3) is 3.41. The van der Waals surface area contributed by atoms with E-state index in [1.165, 1.54) is 0 Å². The Bertz CT molecular complexity index is 507. The van der Waals surface area contributed by atoms with Gasteiger partial charge in [-0.25, -0.2) is 4.98 Å². The van der Waals surface area contributed by atoms with Crippen molar-refractivity contribution in [1.29, 1.82) is 0 Å². The SMILES string of the molecule is C#CCN(CC#C)Cc1nc(C)c(C=O)nc1C. The standard InChI is InChI=1S/C14H15N3O/c1-5-7-17(8-6-2)9-13-11(3)16-14(10-18)12(4)15-13/h1-2,10H,7-9H2,3-4H3. The van der Waals surface area contributed by atoms with E-state index in [4.69, 9.17) is 12.8 Å². The number of nitrogens with zero attached hydrogens (tertiary/aromatic N) is 3. The average Bonchev–Trinajstić information content (AvgIpc) is 2.34. The monoisotopic (exact) mass is 241 g/mol. The number of rotatable bonds is 5. The minimum atomic E-state index is 0.372. The summed E-state index contributed by atoms with van der Waals surface area (Å²) in [5.41, 5.74) is 2.51. The fourth-order valence-electron chi connectivity index (χ4n) is 1.57. The van der Waals surface area contributed by atoms with Crippen molar-refractivity contribution in [2.75, 3.05) is 13.1 Å². The lowest BCUT2D eigenvalue weighted by atomic mass is 10.2. The Morgan fingerprint density at radius 3 is 2.28 bits per heavy atom. The summed E-state index contributed by atoms with van der Waals surface area (Å²) in [5.74, 6) is 5.11. The van der Waals surface area contributed by atoms with Crippen LogP contribution in [-0.4, -0.2) is 34.2 Å². The molecule has 4 nitrogen and oxygen atoms in total. The number of carbonyl (C=O) groups is 1. The molecular weight excluding hydrogens is 226 g/mol. The molecule has 0 aliphatic rings. The van der Waals surface area contributed by atoms with E-state index < -0.39 is 0 Å². The Hall–Kier alpha value is -2.17. The van der Waals surface area contributed by atoms with Crippen LogP contribution < -0.4 is 0 Å². The van der Waals surface area contributed by atoms with Crippen molar-refractivity contribution in [2.24, 2.45) is 0 Å². The van der Waals surface area contributed by atoms with Crippen LogP contribution in [-0.2, 0) is 6.54 Å². The maximum Gasteiger partial charge on any atom is 0.170 e. The Morgan fingerprint density at radius 2 is 1.78 bits per heavy atom. The van der Waals surface area contributed by atoms with Gasteiger partial charge >= 0.3 is 0 Å². The van der Waals surface area contributed by atoms with Crippen LogP contribution in [0.2, 0.25) is 0 Å². The van der Waals surface area contributed by atoms with Gasteiger partial charge in [-0.15, -0.1) is 12.8 Å². The first-order chi connectivity index (χ1) is 8.62. The smallest absolute Gasteiger partial charge is 0.170 e. The number of hydrogen-bond acceptors (Lipinski definition) is 4. The molecule has 0 unspecified atom stereocenters. The summed E-state index contributed by atoms with van der Waals surface area (Å²) in [6.07, 6.45) is 11.3. The van der Waals surface area contributed by atoms with Gasteiger partial charge in [0.2, 0.25) is 0 Å². The first kappa shape index (κ1) is 13.9. The van der Waals surface area contributed by atoms with E-state index in [9.17, 15) is 4.79 Å². The topological polar surface area (TPSA) is 46.1 Å². The minimum absolute atomic E-state index is 0.372. The lowest BCUT2D eigenvalue weighted by Gasteiger charge is -2.17. The summed E-state index contributed by atoms with van der Waals surface area (Å²) in [6, 6.07) is 0. The molecule has 0 amide bonds. The van der Waals surface area contributed by atoms with Gasteiger partial charge in [-0.1, -0.05) is 11.8 Å². The van der Waals surface area contributed by atoms with Gasteiger partial charge in [0.25, 0.3) is 0 Å². The fourth-order valence-corrected chi connectivity index (χ4v) is 1.57. The van der Waals surface area contributed by atoms with Crippen LogP contribution in [0.5, 0.6) is 0 Å². The predicted molar refractivity (Wildman–Crippen MR) is 69.8 cm³/mol. The number of carbonyl (C=O) groups excluding carboxylic acids is 1. The summed E-state index contributed by atoms with van der Waals surface area (Å²) in [4.78, 5) is 21.2. The van der Waals surface area contributed by atoms with Crippen LogP contribution in [0.25, 0.3) is 0 Å². The fraction of sp³-hybridized carbons (Fsp3) is 0.357. The summed E-state index contributed by atoms with van der Waals surface area (Å²) in [7, 11) is 0. The zero-order valence-electron chi connectivity index (χ0n) is 10.6. The van der Waals surface area contributed by atoms with Crippen molar-refractivity contribution < 1.29 is 4.79 Å². The van der Waals surface area contributed by atoms with Gasteiger partial charge < -0.3 is 0 Å². The van der Waals surface area contributed by atoms with Gasteiger partial charge in [0.05, 0.1) is 30.2 Å². The summed E-state index contributed by atoms with van der Waals surface area (Å²) < 4.78 is 0. The molecule has 1 rings (SSSR count). The molecule has 0 saturated heterocycles. The molecule has 0 aliphatic carbocycles. The molecule has 0 aromatic carbocycles. The Labute approximate surface area is 107 Å². The molecule has 0 saturated carbocycles.